The van der Waals surface area contributed by atoms with Gasteiger partial charge in [0.1, 0.15) is 0 Å². The monoisotopic (exact) mass is 243 g/mol. The normalized spacial score (nSPS) is 10.1. The lowest BCUT2D eigenvalue weighted by Gasteiger charge is -2.20. The van der Waals surface area contributed by atoms with Gasteiger partial charge in [0.2, 0.25) is 5.56 Å². The first-order chi connectivity index (χ1) is 8.72. The maximum absolute atomic E-state index is 12.3. The third-order valence-corrected chi connectivity index (χ3v) is 2.56. The van der Waals surface area contributed by atoms with E-state index < -0.39 is 0 Å². The highest BCUT2D eigenvalue weighted by molar-refractivity contribution is 6.05. The van der Waals surface area contributed by atoms with Crippen LogP contribution in [0.5, 0.6) is 0 Å². The molecule has 0 aliphatic rings. The number of pyridine rings is 2. The summed E-state index contributed by atoms with van der Waals surface area (Å²) in [7, 11) is 0. The second-order valence-electron chi connectivity index (χ2n) is 3.70. The van der Waals surface area contributed by atoms with Crippen molar-refractivity contribution in [3.8, 4) is 0 Å². The molecule has 0 fully saturated rings. The first kappa shape index (κ1) is 12.0. The van der Waals surface area contributed by atoms with Crippen LogP contribution in [0.15, 0.2) is 47.7 Å². The molecule has 0 atom stereocenters. The lowest BCUT2D eigenvalue weighted by Crippen LogP contribution is -2.31. The van der Waals surface area contributed by atoms with E-state index in [1.165, 1.54) is 12.3 Å². The Kier molecular flexibility index (Phi) is 3.52. The van der Waals surface area contributed by atoms with Crippen LogP contribution in [0.4, 0.5) is 5.69 Å². The number of nitrogens with zero attached hydrogens (tertiary/aromatic N) is 2. The molecule has 2 aromatic heterocycles. The molecule has 0 saturated carbocycles. The predicted molar refractivity (Wildman–Crippen MR) is 68.7 cm³/mol. The molecule has 18 heavy (non-hydrogen) atoms. The molecule has 1 N–H and O–H groups in total. The van der Waals surface area contributed by atoms with E-state index in [1.807, 2.05) is 6.92 Å². The van der Waals surface area contributed by atoms with Gasteiger partial charge in [-0.25, -0.2) is 0 Å². The van der Waals surface area contributed by atoms with E-state index >= 15 is 0 Å². The fourth-order valence-corrected chi connectivity index (χ4v) is 1.70. The van der Waals surface area contributed by atoms with Crippen LogP contribution in [0, 0.1) is 0 Å². The van der Waals surface area contributed by atoms with Gasteiger partial charge in [-0.2, -0.15) is 0 Å². The summed E-state index contributed by atoms with van der Waals surface area (Å²) in [5.74, 6) is -0.199. The standard InChI is InChI=1S/C13H13N3O2/c1-2-16(11-4-6-14-7-5-11)13(18)10-3-8-15-12(17)9-10/h3-9H,2H2,1H3,(H,15,17). The Hall–Kier alpha value is -2.43. The van der Waals surface area contributed by atoms with Crippen molar-refractivity contribution < 1.29 is 4.79 Å². The summed E-state index contributed by atoms with van der Waals surface area (Å²) in [6, 6.07) is 6.41. The number of anilines is 1. The van der Waals surface area contributed by atoms with Crippen LogP contribution in [0.1, 0.15) is 17.3 Å². The third-order valence-electron chi connectivity index (χ3n) is 2.56. The average molecular weight is 243 g/mol. The molecule has 0 bridgehead atoms. The Morgan fingerprint density at radius 2 is 2.06 bits per heavy atom. The van der Waals surface area contributed by atoms with Crippen LogP contribution in [-0.4, -0.2) is 22.4 Å². The van der Waals surface area contributed by atoms with Gasteiger partial charge in [-0.15, -0.1) is 0 Å². The molecular formula is C13H13N3O2. The van der Waals surface area contributed by atoms with Crippen molar-refractivity contribution in [1.82, 2.24) is 9.97 Å². The van der Waals surface area contributed by atoms with E-state index in [2.05, 4.69) is 9.97 Å². The fraction of sp³-hybridized carbons (Fsp3) is 0.154. The summed E-state index contributed by atoms with van der Waals surface area (Å²) < 4.78 is 0. The number of hydrogen-bond acceptors (Lipinski definition) is 3. The number of amides is 1. The van der Waals surface area contributed by atoms with Crippen LogP contribution in [0.3, 0.4) is 0 Å². The highest BCUT2D eigenvalue weighted by Gasteiger charge is 2.15. The third kappa shape index (κ3) is 2.45. The topological polar surface area (TPSA) is 66.1 Å². The molecule has 0 radical (unpaired) electrons. The molecular weight excluding hydrogens is 230 g/mol. The fourth-order valence-electron chi connectivity index (χ4n) is 1.70. The molecule has 0 aromatic carbocycles. The highest BCUT2D eigenvalue weighted by Crippen LogP contribution is 2.14. The molecule has 2 rings (SSSR count). The van der Waals surface area contributed by atoms with Crippen LogP contribution >= 0.6 is 0 Å². The lowest BCUT2D eigenvalue weighted by atomic mass is 10.2. The van der Waals surface area contributed by atoms with Crippen molar-refractivity contribution in [2.24, 2.45) is 0 Å². The van der Waals surface area contributed by atoms with Crippen LogP contribution < -0.4 is 10.5 Å². The Bertz CT molecular complexity index is 592. The van der Waals surface area contributed by atoms with Crippen LogP contribution in [0.25, 0.3) is 0 Å². The minimum atomic E-state index is -0.286. The number of aromatic amines is 1. The van der Waals surface area contributed by atoms with Gasteiger partial charge >= 0.3 is 0 Å². The number of nitrogens with one attached hydrogen (secondary N) is 1. The Morgan fingerprint density at radius 3 is 2.67 bits per heavy atom. The minimum Gasteiger partial charge on any atom is -0.329 e. The number of hydrogen-bond donors (Lipinski definition) is 1. The predicted octanol–water partition coefficient (Wildman–Crippen LogP) is 1.44. The minimum absolute atomic E-state index is 0.199. The zero-order valence-corrected chi connectivity index (χ0v) is 9.96. The van der Waals surface area contributed by atoms with Crippen molar-refractivity contribution in [3.63, 3.8) is 0 Å². The second-order valence-corrected chi connectivity index (χ2v) is 3.70. The molecule has 2 aromatic rings. The van der Waals surface area contributed by atoms with E-state index in [1.54, 1.807) is 35.5 Å². The zero-order valence-electron chi connectivity index (χ0n) is 9.96. The molecule has 0 saturated heterocycles. The van der Waals surface area contributed by atoms with Gasteiger partial charge in [0, 0.05) is 42.5 Å². The lowest BCUT2D eigenvalue weighted by molar-refractivity contribution is 0.0988. The van der Waals surface area contributed by atoms with E-state index in [9.17, 15) is 9.59 Å². The summed E-state index contributed by atoms with van der Waals surface area (Å²) in [5, 5.41) is 0. The van der Waals surface area contributed by atoms with Gasteiger partial charge in [-0.1, -0.05) is 0 Å². The number of aromatic nitrogens is 2. The molecule has 5 nitrogen and oxygen atoms in total. The van der Waals surface area contributed by atoms with Gasteiger partial charge in [-0.05, 0) is 25.1 Å². The van der Waals surface area contributed by atoms with Crippen molar-refractivity contribution in [2.75, 3.05) is 11.4 Å². The molecule has 2 heterocycles. The Labute approximate surface area is 104 Å². The van der Waals surface area contributed by atoms with Gasteiger partial charge in [0.25, 0.3) is 5.91 Å². The van der Waals surface area contributed by atoms with Crippen molar-refractivity contribution in [1.29, 1.82) is 0 Å². The van der Waals surface area contributed by atoms with Crippen molar-refractivity contribution >= 4 is 11.6 Å². The van der Waals surface area contributed by atoms with Crippen LogP contribution in [-0.2, 0) is 0 Å². The van der Waals surface area contributed by atoms with Gasteiger partial charge in [-0.3, -0.25) is 14.6 Å². The quantitative estimate of drug-likeness (QED) is 0.887. The number of rotatable bonds is 3. The Balaban J connectivity index is 2.34. The summed E-state index contributed by atoms with van der Waals surface area (Å²) >= 11 is 0. The summed E-state index contributed by atoms with van der Waals surface area (Å²) in [6.07, 6.45) is 4.72. The molecule has 0 unspecified atom stereocenters. The van der Waals surface area contributed by atoms with E-state index in [0.29, 0.717) is 12.1 Å². The maximum atomic E-state index is 12.3. The number of H-pyrrole nitrogens is 1. The molecule has 92 valence electrons. The van der Waals surface area contributed by atoms with Crippen LogP contribution in [0.2, 0.25) is 0 Å². The first-order valence-electron chi connectivity index (χ1n) is 5.63. The van der Waals surface area contributed by atoms with E-state index in [4.69, 9.17) is 0 Å². The molecule has 5 heteroatoms. The molecule has 1 amide bonds. The average Bonchev–Trinajstić information content (AvgIpc) is 2.41. The summed E-state index contributed by atoms with van der Waals surface area (Å²) in [4.78, 5) is 31.5. The van der Waals surface area contributed by atoms with Gasteiger partial charge in [0.05, 0.1) is 0 Å². The summed E-state index contributed by atoms with van der Waals surface area (Å²) in [5.41, 5.74) is 0.849. The zero-order chi connectivity index (χ0) is 13.0. The SMILES string of the molecule is CCN(C(=O)c1cc[nH]c(=O)c1)c1ccncc1. The van der Waals surface area contributed by atoms with E-state index in [-0.39, 0.29) is 11.5 Å². The van der Waals surface area contributed by atoms with Crippen molar-refractivity contribution in [2.45, 2.75) is 6.92 Å². The van der Waals surface area contributed by atoms with E-state index in [0.717, 1.165) is 5.69 Å². The molecule has 0 aliphatic carbocycles. The number of carbonyl (C=O) groups excluding carboxylic acids is 1. The van der Waals surface area contributed by atoms with Crippen molar-refractivity contribution in [3.05, 3.63) is 58.8 Å². The smallest absolute Gasteiger partial charge is 0.258 e. The first-order valence-corrected chi connectivity index (χ1v) is 5.63. The summed E-state index contributed by atoms with van der Waals surface area (Å²) in [6.45, 7) is 2.40. The second kappa shape index (κ2) is 5.27. The van der Waals surface area contributed by atoms with Gasteiger partial charge in [0.15, 0.2) is 0 Å². The van der Waals surface area contributed by atoms with Gasteiger partial charge < -0.3 is 9.88 Å². The maximum Gasteiger partial charge on any atom is 0.258 e. The largest absolute Gasteiger partial charge is 0.329 e. The molecule has 0 spiro atoms. The Morgan fingerprint density at radius 1 is 1.33 bits per heavy atom. The molecule has 0 aliphatic heterocycles. The highest BCUT2D eigenvalue weighted by atomic mass is 16.2. The number of carbonyl (C=O) groups is 1.